The number of alkyl halides is 1. The van der Waals surface area contributed by atoms with Gasteiger partial charge in [-0.3, -0.25) is 14.7 Å². The number of amides is 1. The average Bonchev–Trinajstić information content (AvgIpc) is 3.15. The van der Waals surface area contributed by atoms with Crippen molar-refractivity contribution in [2.24, 2.45) is 0 Å². The van der Waals surface area contributed by atoms with E-state index in [1.54, 1.807) is 12.4 Å². The highest BCUT2D eigenvalue weighted by atomic mass is 19.1. The van der Waals surface area contributed by atoms with Gasteiger partial charge in [-0.2, -0.15) is 0 Å². The lowest BCUT2D eigenvalue weighted by molar-refractivity contribution is -0.137. The van der Waals surface area contributed by atoms with Crippen molar-refractivity contribution in [2.45, 2.75) is 31.6 Å². The average molecular weight is 366 g/mol. The summed E-state index contributed by atoms with van der Waals surface area (Å²) in [6.07, 6.45) is 6.17. The van der Waals surface area contributed by atoms with E-state index in [-0.39, 0.29) is 13.0 Å². The number of aromatic amines is 1. The van der Waals surface area contributed by atoms with Crippen LogP contribution in [0.4, 0.5) is 4.39 Å². The number of aromatic nitrogens is 2. The van der Waals surface area contributed by atoms with Gasteiger partial charge in [0.05, 0.1) is 0 Å². The number of benzene rings is 1. The fraction of sp³-hybridized carbons (Fsp3) is 0.333. The molecule has 4 rings (SSSR count). The Morgan fingerprint density at radius 3 is 2.93 bits per heavy atom. The van der Waals surface area contributed by atoms with Gasteiger partial charge in [-0.25, -0.2) is 4.39 Å². The number of halogens is 1. The van der Waals surface area contributed by atoms with Crippen molar-refractivity contribution < 1.29 is 9.18 Å². The van der Waals surface area contributed by atoms with E-state index < -0.39 is 11.6 Å². The zero-order valence-corrected chi connectivity index (χ0v) is 15.1. The lowest BCUT2D eigenvalue weighted by Crippen LogP contribution is -2.53. The van der Waals surface area contributed by atoms with E-state index in [1.807, 2.05) is 29.3 Å². The maximum atomic E-state index is 15.4. The highest BCUT2D eigenvalue weighted by Gasteiger charge is 2.42. The van der Waals surface area contributed by atoms with E-state index in [0.29, 0.717) is 19.5 Å². The number of likely N-dealkylation sites (tertiary alicyclic amines) is 1. The number of piperidine rings is 1. The van der Waals surface area contributed by atoms with E-state index in [0.717, 1.165) is 28.6 Å². The number of pyridine rings is 1. The SMILES string of the molecule is O=C(NCc1ccncc1)C1(F)CCCN(Cc2ccc3cc[nH]c3c2)C1. The molecule has 3 aromatic rings. The van der Waals surface area contributed by atoms with E-state index in [9.17, 15) is 4.79 Å². The third kappa shape index (κ3) is 4.01. The summed E-state index contributed by atoms with van der Waals surface area (Å²) in [6.45, 7) is 1.87. The second kappa shape index (κ2) is 7.48. The van der Waals surface area contributed by atoms with E-state index in [1.165, 1.54) is 0 Å². The number of hydrogen-bond acceptors (Lipinski definition) is 3. The second-order valence-electron chi connectivity index (χ2n) is 7.22. The van der Waals surface area contributed by atoms with Gasteiger partial charge >= 0.3 is 0 Å². The van der Waals surface area contributed by atoms with Gasteiger partial charge in [-0.05, 0) is 60.2 Å². The molecule has 27 heavy (non-hydrogen) atoms. The van der Waals surface area contributed by atoms with Gasteiger partial charge in [0, 0.05) is 43.7 Å². The maximum absolute atomic E-state index is 15.4. The molecule has 0 saturated carbocycles. The Labute approximate surface area is 157 Å². The van der Waals surface area contributed by atoms with E-state index >= 15 is 4.39 Å². The normalized spacial score (nSPS) is 20.6. The first-order valence-electron chi connectivity index (χ1n) is 9.27. The van der Waals surface area contributed by atoms with Crippen molar-refractivity contribution in [1.29, 1.82) is 0 Å². The number of carbonyl (C=O) groups excluding carboxylic acids is 1. The number of hydrogen-bond donors (Lipinski definition) is 2. The Morgan fingerprint density at radius 1 is 1.22 bits per heavy atom. The van der Waals surface area contributed by atoms with Crippen LogP contribution in [0.1, 0.15) is 24.0 Å². The quantitative estimate of drug-likeness (QED) is 0.729. The Kier molecular flexibility index (Phi) is 4.90. The molecule has 1 amide bonds. The number of H-pyrrole nitrogens is 1. The molecule has 1 aliphatic rings. The van der Waals surface area contributed by atoms with Crippen molar-refractivity contribution in [1.82, 2.24) is 20.2 Å². The molecule has 140 valence electrons. The van der Waals surface area contributed by atoms with E-state index in [4.69, 9.17) is 0 Å². The predicted molar refractivity (Wildman–Crippen MR) is 103 cm³/mol. The molecule has 1 unspecified atom stereocenters. The molecule has 1 aromatic carbocycles. The second-order valence-corrected chi connectivity index (χ2v) is 7.22. The van der Waals surface area contributed by atoms with Gasteiger partial charge in [0.15, 0.2) is 0 Å². The van der Waals surface area contributed by atoms with Crippen molar-refractivity contribution in [3.63, 3.8) is 0 Å². The standard InChI is InChI=1S/C21H23FN4O/c22-21(20(27)25-13-16-4-8-23-9-5-16)7-1-11-26(15-21)14-17-2-3-18-6-10-24-19(18)12-17/h2-6,8-10,12,24H,1,7,11,13-15H2,(H,25,27). The van der Waals surface area contributed by atoms with Crippen molar-refractivity contribution in [3.8, 4) is 0 Å². The molecule has 2 N–H and O–H groups in total. The number of rotatable bonds is 5. The van der Waals surface area contributed by atoms with Crippen LogP contribution in [-0.2, 0) is 17.9 Å². The van der Waals surface area contributed by atoms with Crippen LogP contribution in [0.15, 0.2) is 55.0 Å². The van der Waals surface area contributed by atoms with Gasteiger partial charge in [0.25, 0.3) is 5.91 Å². The fourth-order valence-electron chi connectivity index (χ4n) is 3.71. The highest BCUT2D eigenvalue weighted by molar-refractivity contribution is 5.85. The van der Waals surface area contributed by atoms with Gasteiger partial charge in [0.2, 0.25) is 5.67 Å². The highest BCUT2D eigenvalue weighted by Crippen LogP contribution is 2.27. The first-order chi connectivity index (χ1) is 13.1. The van der Waals surface area contributed by atoms with Gasteiger partial charge in [-0.15, -0.1) is 0 Å². The molecule has 2 aromatic heterocycles. The lowest BCUT2D eigenvalue weighted by atomic mass is 9.93. The molecule has 5 nitrogen and oxygen atoms in total. The molecule has 0 bridgehead atoms. The number of nitrogens with one attached hydrogen (secondary N) is 2. The third-order valence-electron chi connectivity index (χ3n) is 5.16. The van der Waals surface area contributed by atoms with Crippen LogP contribution in [-0.4, -0.2) is 39.5 Å². The minimum absolute atomic E-state index is 0.123. The molecule has 1 aliphatic heterocycles. The minimum atomic E-state index is -1.85. The van der Waals surface area contributed by atoms with Crippen LogP contribution in [0.25, 0.3) is 10.9 Å². The third-order valence-corrected chi connectivity index (χ3v) is 5.16. The summed E-state index contributed by atoms with van der Waals surface area (Å²) in [5, 5.41) is 3.90. The van der Waals surface area contributed by atoms with Gasteiger partial charge in [0.1, 0.15) is 0 Å². The van der Waals surface area contributed by atoms with Crippen LogP contribution < -0.4 is 5.32 Å². The Morgan fingerprint density at radius 2 is 2.07 bits per heavy atom. The number of fused-ring (bicyclic) bond motifs is 1. The van der Waals surface area contributed by atoms with Gasteiger partial charge in [-0.1, -0.05) is 12.1 Å². The first kappa shape index (κ1) is 17.7. The van der Waals surface area contributed by atoms with Gasteiger partial charge < -0.3 is 10.3 Å². The fourth-order valence-corrected chi connectivity index (χ4v) is 3.71. The first-order valence-corrected chi connectivity index (χ1v) is 9.27. The maximum Gasteiger partial charge on any atom is 0.259 e. The molecule has 0 radical (unpaired) electrons. The monoisotopic (exact) mass is 366 g/mol. The molecule has 1 fully saturated rings. The van der Waals surface area contributed by atoms with Crippen molar-refractivity contribution >= 4 is 16.8 Å². The Balaban J connectivity index is 1.39. The Bertz CT molecular complexity index is 926. The summed E-state index contributed by atoms with van der Waals surface area (Å²) in [6, 6.07) is 11.9. The van der Waals surface area contributed by atoms with E-state index in [2.05, 4.69) is 33.5 Å². The summed E-state index contributed by atoms with van der Waals surface area (Å²) in [5.41, 5.74) is 1.26. The molecule has 1 atom stereocenters. The van der Waals surface area contributed by atoms with Crippen LogP contribution in [0.3, 0.4) is 0 Å². The summed E-state index contributed by atoms with van der Waals surface area (Å²) >= 11 is 0. The zero-order valence-electron chi connectivity index (χ0n) is 15.1. The molecule has 3 heterocycles. The predicted octanol–water partition coefficient (Wildman–Crippen LogP) is 3.18. The molecular formula is C21H23FN4O. The van der Waals surface area contributed by atoms with Crippen LogP contribution in [0.5, 0.6) is 0 Å². The molecule has 1 saturated heterocycles. The van der Waals surface area contributed by atoms with Crippen LogP contribution in [0.2, 0.25) is 0 Å². The Hall–Kier alpha value is -2.73. The zero-order chi connectivity index (χ0) is 18.7. The topological polar surface area (TPSA) is 61.0 Å². The summed E-state index contributed by atoms with van der Waals surface area (Å²) in [4.78, 5) is 21.7. The minimum Gasteiger partial charge on any atom is -0.361 e. The molecule has 6 heteroatoms. The summed E-state index contributed by atoms with van der Waals surface area (Å²) in [5.74, 6) is -0.524. The smallest absolute Gasteiger partial charge is 0.259 e. The molecular weight excluding hydrogens is 343 g/mol. The summed E-state index contributed by atoms with van der Waals surface area (Å²) in [7, 11) is 0. The number of carbonyl (C=O) groups is 1. The van der Waals surface area contributed by atoms with Crippen LogP contribution >= 0.6 is 0 Å². The summed E-state index contributed by atoms with van der Waals surface area (Å²) < 4.78 is 15.4. The van der Waals surface area contributed by atoms with Crippen molar-refractivity contribution in [3.05, 3.63) is 66.1 Å². The lowest BCUT2D eigenvalue weighted by Gasteiger charge is -2.36. The number of nitrogens with zero attached hydrogens (tertiary/aromatic N) is 2. The molecule has 0 aliphatic carbocycles. The largest absolute Gasteiger partial charge is 0.361 e. The van der Waals surface area contributed by atoms with Crippen LogP contribution in [0, 0.1) is 0 Å². The molecule has 0 spiro atoms. The van der Waals surface area contributed by atoms with Crippen molar-refractivity contribution in [2.75, 3.05) is 13.1 Å².